The van der Waals surface area contributed by atoms with Crippen molar-refractivity contribution in [2.75, 3.05) is 5.75 Å². The summed E-state index contributed by atoms with van der Waals surface area (Å²) < 4.78 is 13.6. The Morgan fingerprint density at radius 1 is 1.55 bits per heavy atom. The van der Waals surface area contributed by atoms with Gasteiger partial charge < -0.3 is 10.4 Å². The molecule has 2 unspecified atom stereocenters. The van der Waals surface area contributed by atoms with E-state index in [1.165, 1.54) is 13.3 Å². The summed E-state index contributed by atoms with van der Waals surface area (Å²) in [5.74, 6) is -1.17. The van der Waals surface area contributed by atoms with Gasteiger partial charge in [0.05, 0.1) is 11.5 Å². The Bertz CT molecular complexity index is 502. The topological polar surface area (TPSA) is 114 Å². The van der Waals surface area contributed by atoms with Crippen molar-refractivity contribution < 1.29 is 18.9 Å². The Morgan fingerprint density at radius 2 is 2.25 bits per heavy atom. The monoisotopic (exact) mass is 302 g/mol. The molecule has 0 aromatic carbocycles. The van der Waals surface area contributed by atoms with E-state index in [9.17, 15) is 13.8 Å². The van der Waals surface area contributed by atoms with Gasteiger partial charge in [-0.15, -0.1) is 0 Å². The van der Waals surface area contributed by atoms with Crippen LogP contribution in [-0.2, 0) is 32.7 Å². The van der Waals surface area contributed by atoms with Gasteiger partial charge in [0.15, 0.2) is 0 Å². The molecule has 1 rings (SSSR count). The fourth-order valence-corrected chi connectivity index (χ4v) is 2.83. The lowest BCUT2D eigenvalue weighted by atomic mass is 10.3. The molecule has 112 valence electrons. The van der Waals surface area contributed by atoms with Gasteiger partial charge in [-0.2, -0.15) is 5.10 Å². The molecule has 0 aliphatic carbocycles. The van der Waals surface area contributed by atoms with E-state index >= 15 is 0 Å². The van der Waals surface area contributed by atoms with Crippen LogP contribution in [0.15, 0.2) is 6.33 Å². The number of carboxylic acids is 1. The summed E-state index contributed by atoms with van der Waals surface area (Å²) in [7, 11) is -1.45. The smallest absolute Gasteiger partial charge is 0.327 e. The van der Waals surface area contributed by atoms with Gasteiger partial charge >= 0.3 is 5.97 Å². The number of rotatable bonds is 8. The fourth-order valence-electron chi connectivity index (χ4n) is 1.61. The molecule has 0 aliphatic heterocycles. The molecule has 1 amide bonds. The highest BCUT2D eigenvalue weighted by Gasteiger charge is 2.22. The molecule has 20 heavy (non-hydrogen) atoms. The zero-order chi connectivity index (χ0) is 15.1. The fraction of sp³-hybridized carbons (Fsp3) is 0.636. The van der Waals surface area contributed by atoms with Crippen LogP contribution in [0.1, 0.15) is 26.1 Å². The second-order valence-electron chi connectivity index (χ2n) is 4.24. The van der Waals surface area contributed by atoms with E-state index in [0.717, 1.165) is 6.42 Å². The molecule has 0 saturated heterocycles. The van der Waals surface area contributed by atoms with Gasteiger partial charge in [-0.3, -0.25) is 9.00 Å². The van der Waals surface area contributed by atoms with E-state index in [1.54, 1.807) is 4.68 Å². The number of aliphatic carboxylic acids is 1. The average Bonchev–Trinajstić information content (AvgIpc) is 2.75. The summed E-state index contributed by atoms with van der Waals surface area (Å²) in [6, 6.07) is -1.16. The highest BCUT2D eigenvalue weighted by Crippen LogP contribution is 2.02. The Morgan fingerprint density at radius 3 is 2.80 bits per heavy atom. The number of carboxylic acid groups (broad SMARTS) is 1. The lowest BCUT2D eigenvalue weighted by molar-refractivity contribution is -0.140. The lowest BCUT2D eigenvalue weighted by Gasteiger charge is -2.12. The largest absolute Gasteiger partial charge is 0.480 e. The van der Waals surface area contributed by atoms with Crippen LogP contribution in [-0.4, -0.2) is 47.8 Å². The van der Waals surface area contributed by atoms with Gasteiger partial charge in [-0.05, 0) is 6.42 Å². The first-order chi connectivity index (χ1) is 9.43. The maximum absolute atomic E-state index is 12.0. The number of carbonyl (C=O) groups excluding carboxylic acids is 1. The van der Waals surface area contributed by atoms with Crippen LogP contribution in [0.2, 0.25) is 0 Å². The summed E-state index contributed by atoms with van der Waals surface area (Å²) in [6.45, 7) is 3.87. The van der Waals surface area contributed by atoms with Crippen LogP contribution in [0.4, 0.5) is 0 Å². The van der Waals surface area contributed by atoms with E-state index in [0.29, 0.717) is 12.4 Å². The third kappa shape index (κ3) is 5.08. The summed E-state index contributed by atoms with van der Waals surface area (Å²) in [4.78, 5) is 25.9. The highest BCUT2D eigenvalue weighted by atomic mass is 32.2. The first-order valence-corrected chi connectivity index (χ1v) is 7.64. The third-order valence-corrected chi connectivity index (χ3v) is 3.73. The Balaban J connectivity index is 2.63. The molecule has 0 radical (unpaired) electrons. The van der Waals surface area contributed by atoms with Crippen molar-refractivity contribution >= 4 is 22.7 Å². The number of hydrogen-bond acceptors (Lipinski definition) is 5. The van der Waals surface area contributed by atoms with Crippen LogP contribution >= 0.6 is 0 Å². The van der Waals surface area contributed by atoms with E-state index < -0.39 is 28.7 Å². The van der Waals surface area contributed by atoms with Gasteiger partial charge in [-0.1, -0.05) is 6.92 Å². The predicted octanol–water partition coefficient (Wildman–Crippen LogP) is -0.474. The second kappa shape index (κ2) is 7.73. The van der Waals surface area contributed by atoms with Crippen LogP contribution in [0.3, 0.4) is 0 Å². The Labute approximate surface area is 119 Å². The number of aromatic nitrogens is 3. The number of amides is 1. The number of nitrogens with zero attached hydrogens (tertiary/aromatic N) is 3. The van der Waals surface area contributed by atoms with Crippen molar-refractivity contribution in [1.29, 1.82) is 0 Å². The molecule has 9 heteroatoms. The number of nitrogens with one attached hydrogen (secondary N) is 1. The minimum absolute atomic E-state index is 0.114. The molecular formula is C11H18N4O4S. The quantitative estimate of drug-likeness (QED) is 0.671. The van der Waals surface area contributed by atoms with Crippen LogP contribution in [0.5, 0.6) is 0 Å². The van der Waals surface area contributed by atoms with Crippen molar-refractivity contribution in [2.24, 2.45) is 0 Å². The van der Waals surface area contributed by atoms with Crippen molar-refractivity contribution in [3.63, 3.8) is 0 Å². The zero-order valence-electron chi connectivity index (χ0n) is 11.4. The van der Waals surface area contributed by atoms with Crippen LogP contribution < -0.4 is 5.32 Å². The molecular weight excluding hydrogens is 284 g/mol. The molecule has 1 heterocycles. The minimum Gasteiger partial charge on any atom is -0.480 e. The van der Waals surface area contributed by atoms with Gasteiger partial charge in [0, 0.05) is 24.3 Å². The average molecular weight is 302 g/mol. The maximum Gasteiger partial charge on any atom is 0.327 e. The van der Waals surface area contributed by atoms with Crippen molar-refractivity contribution in [1.82, 2.24) is 20.1 Å². The van der Waals surface area contributed by atoms with Gasteiger partial charge in [0.2, 0.25) is 5.91 Å². The predicted molar refractivity (Wildman–Crippen MR) is 72.3 cm³/mol. The number of carbonyl (C=O) groups is 2. The number of aryl methyl sites for hydroxylation is 1. The summed E-state index contributed by atoms with van der Waals surface area (Å²) in [6.07, 6.45) is 2.25. The highest BCUT2D eigenvalue weighted by molar-refractivity contribution is 7.84. The van der Waals surface area contributed by atoms with Crippen LogP contribution in [0.25, 0.3) is 0 Å². The molecule has 2 atom stereocenters. The maximum atomic E-state index is 12.0. The van der Waals surface area contributed by atoms with Crippen LogP contribution in [0, 0.1) is 0 Å². The van der Waals surface area contributed by atoms with E-state index in [-0.39, 0.29) is 11.5 Å². The van der Waals surface area contributed by atoms with Crippen molar-refractivity contribution in [3.05, 3.63) is 12.2 Å². The molecule has 0 bridgehead atoms. The summed E-state index contributed by atoms with van der Waals surface area (Å²) in [5.41, 5.74) is 0. The molecule has 0 spiro atoms. The van der Waals surface area contributed by atoms with Gasteiger partial charge in [0.1, 0.15) is 18.2 Å². The van der Waals surface area contributed by atoms with Gasteiger partial charge in [0.25, 0.3) is 0 Å². The Kier molecular flexibility index (Phi) is 6.29. The first kappa shape index (κ1) is 16.3. The van der Waals surface area contributed by atoms with E-state index in [1.807, 2.05) is 6.92 Å². The Hall–Kier alpha value is -1.77. The van der Waals surface area contributed by atoms with Crippen molar-refractivity contribution in [3.8, 4) is 0 Å². The third-order valence-electron chi connectivity index (χ3n) is 2.45. The molecule has 0 saturated carbocycles. The first-order valence-electron chi connectivity index (χ1n) is 6.15. The summed E-state index contributed by atoms with van der Waals surface area (Å²) in [5, 5.41) is 15.2. The molecule has 1 aromatic rings. The number of hydrogen-bond donors (Lipinski definition) is 2. The van der Waals surface area contributed by atoms with E-state index in [2.05, 4.69) is 15.4 Å². The van der Waals surface area contributed by atoms with Crippen molar-refractivity contribution in [2.45, 2.75) is 38.6 Å². The normalized spacial score (nSPS) is 13.7. The molecule has 8 nitrogen and oxygen atoms in total. The molecule has 0 aliphatic rings. The summed E-state index contributed by atoms with van der Waals surface area (Å²) >= 11 is 0. The molecule has 2 N–H and O–H groups in total. The van der Waals surface area contributed by atoms with E-state index in [4.69, 9.17) is 5.11 Å². The zero-order valence-corrected chi connectivity index (χ0v) is 12.2. The van der Waals surface area contributed by atoms with Gasteiger partial charge in [-0.25, -0.2) is 14.5 Å². The second-order valence-corrected chi connectivity index (χ2v) is 5.74. The SMILES string of the molecule is CCCn1ncnc1CS(=O)CC(NC(C)=O)C(=O)O. The standard InChI is InChI=1S/C11H18N4O4S/c1-3-4-15-10(12-7-13-15)6-20(19)5-9(11(17)18)14-8(2)16/h7,9H,3-6H2,1-2H3,(H,14,16)(H,17,18). The molecule has 1 aromatic heterocycles. The minimum atomic E-state index is -1.45. The molecule has 0 fully saturated rings. The lowest BCUT2D eigenvalue weighted by Crippen LogP contribution is -2.43.